The quantitative estimate of drug-likeness (QED) is 0.671. The van der Waals surface area contributed by atoms with Crippen molar-refractivity contribution in [3.63, 3.8) is 0 Å². The summed E-state index contributed by atoms with van der Waals surface area (Å²) >= 11 is 4.92. The fraction of sp³-hybridized carbons (Fsp3) is 0.167. The summed E-state index contributed by atoms with van der Waals surface area (Å²) in [7, 11) is 0. The molecule has 1 N–H and O–H groups in total. The van der Waals surface area contributed by atoms with Gasteiger partial charge in [0.1, 0.15) is 5.69 Å². The molecule has 1 aromatic carbocycles. The smallest absolute Gasteiger partial charge is 0.293 e. The molecule has 1 heterocycles. The van der Waals surface area contributed by atoms with Crippen LogP contribution < -0.4 is 5.32 Å². The van der Waals surface area contributed by atoms with Gasteiger partial charge in [-0.05, 0) is 31.2 Å². The van der Waals surface area contributed by atoms with Gasteiger partial charge in [0, 0.05) is 26.8 Å². The third-order valence-corrected chi connectivity index (χ3v) is 3.90. The van der Waals surface area contributed by atoms with E-state index >= 15 is 0 Å². The first-order chi connectivity index (χ1) is 8.56. The Morgan fingerprint density at radius 3 is 2.78 bits per heavy atom. The first kappa shape index (κ1) is 13.0. The van der Waals surface area contributed by atoms with Gasteiger partial charge in [0.15, 0.2) is 0 Å². The summed E-state index contributed by atoms with van der Waals surface area (Å²) in [6, 6.07) is 9.06. The first-order valence-corrected chi connectivity index (χ1v) is 6.90. The van der Waals surface area contributed by atoms with E-state index in [9.17, 15) is 10.1 Å². The molecule has 0 aliphatic heterocycles. The van der Waals surface area contributed by atoms with E-state index in [0.717, 1.165) is 4.88 Å². The SMILES string of the molecule is Cc1ccc(CNc2ccc(Br)cc2[N+](=O)[O-])s1. The highest BCUT2D eigenvalue weighted by Gasteiger charge is 2.13. The Bertz CT molecular complexity index is 583. The maximum atomic E-state index is 10.9. The number of aryl methyl sites for hydroxylation is 1. The van der Waals surface area contributed by atoms with Gasteiger partial charge in [0.05, 0.1) is 4.92 Å². The molecule has 0 aliphatic rings. The van der Waals surface area contributed by atoms with Crippen LogP contribution in [-0.2, 0) is 6.54 Å². The number of benzene rings is 1. The largest absolute Gasteiger partial charge is 0.375 e. The van der Waals surface area contributed by atoms with Gasteiger partial charge in [0.25, 0.3) is 5.69 Å². The molecule has 94 valence electrons. The molecule has 0 aliphatic carbocycles. The summed E-state index contributed by atoms with van der Waals surface area (Å²) in [4.78, 5) is 12.9. The number of nitrogens with one attached hydrogen (secondary N) is 1. The average molecular weight is 327 g/mol. The molecule has 0 spiro atoms. The number of nitro groups is 1. The minimum atomic E-state index is -0.382. The summed E-state index contributed by atoms with van der Waals surface area (Å²) in [6.07, 6.45) is 0. The van der Waals surface area contributed by atoms with E-state index in [1.54, 1.807) is 23.5 Å². The van der Waals surface area contributed by atoms with Crippen molar-refractivity contribution in [2.24, 2.45) is 0 Å². The molecule has 1 aromatic heterocycles. The highest BCUT2D eigenvalue weighted by molar-refractivity contribution is 9.10. The van der Waals surface area contributed by atoms with Crippen molar-refractivity contribution in [1.29, 1.82) is 0 Å². The van der Waals surface area contributed by atoms with Gasteiger partial charge < -0.3 is 5.32 Å². The van der Waals surface area contributed by atoms with Crippen molar-refractivity contribution in [2.45, 2.75) is 13.5 Å². The second-order valence-electron chi connectivity index (χ2n) is 3.78. The number of thiophene rings is 1. The van der Waals surface area contributed by atoms with E-state index in [1.807, 2.05) is 19.1 Å². The Hall–Kier alpha value is -1.40. The topological polar surface area (TPSA) is 55.2 Å². The number of nitrogens with zero attached hydrogens (tertiary/aromatic N) is 1. The average Bonchev–Trinajstić information content (AvgIpc) is 2.73. The molecule has 0 atom stereocenters. The Balaban J connectivity index is 2.16. The van der Waals surface area contributed by atoms with Crippen molar-refractivity contribution in [1.82, 2.24) is 0 Å². The monoisotopic (exact) mass is 326 g/mol. The first-order valence-electron chi connectivity index (χ1n) is 5.29. The lowest BCUT2D eigenvalue weighted by molar-refractivity contribution is -0.384. The summed E-state index contributed by atoms with van der Waals surface area (Å²) in [5.74, 6) is 0. The second kappa shape index (κ2) is 5.49. The number of hydrogen-bond donors (Lipinski definition) is 1. The van der Waals surface area contributed by atoms with Crippen LogP contribution in [0.15, 0.2) is 34.8 Å². The van der Waals surface area contributed by atoms with E-state index in [4.69, 9.17) is 0 Å². The number of halogens is 1. The summed E-state index contributed by atoms with van der Waals surface area (Å²) < 4.78 is 0.701. The predicted octanol–water partition coefficient (Wildman–Crippen LogP) is 4.34. The molecular formula is C12H11BrN2O2S. The van der Waals surface area contributed by atoms with Gasteiger partial charge in [0.2, 0.25) is 0 Å². The second-order valence-corrected chi connectivity index (χ2v) is 6.07. The van der Waals surface area contributed by atoms with Crippen LogP contribution >= 0.6 is 27.3 Å². The molecule has 0 unspecified atom stereocenters. The zero-order valence-corrected chi connectivity index (χ0v) is 12.0. The minimum Gasteiger partial charge on any atom is -0.375 e. The highest BCUT2D eigenvalue weighted by Crippen LogP contribution is 2.28. The minimum absolute atomic E-state index is 0.0812. The van der Waals surface area contributed by atoms with E-state index in [-0.39, 0.29) is 10.6 Å². The van der Waals surface area contributed by atoms with Gasteiger partial charge in [-0.1, -0.05) is 15.9 Å². The molecule has 0 bridgehead atoms. The van der Waals surface area contributed by atoms with Crippen LogP contribution in [0.1, 0.15) is 9.75 Å². The Labute approximate surface area is 117 Å². The predicted molar refractivity (Wildman–Crippen MR) is 77.2 cm³/mol. The van der Waals surface area contributed by atoms with Crippen molar-refractivity contribution in [3.8, 4) is 0 Å². The number of nitro benzene ring substituents is 1. The van der Waals surface area contributed by atoms with Gasteiger partial charge in [-0.15, -0.1) is 11.3 Å². The molecule has 0 fully saturated rings. The van der Waals surface area contributed by atoms with Gasteiger partial charge in [-0.2, -0.15) is 0 Å². The molecular weight excluding hydrogens is 316 g/mol. The lowest BCUT2D eigenvalue weighted by Crippen LogP contribution is -2.01. The molecule has 18 heavy (non-hydrogen) atoms. The van der Waals surface area contributed by atoms with E-state index in [0.29, 0.717) is 16.7 Å². The zero-order chi connectivity index (χ0) is 13.1. The van der Waals surface area contributed by atoms with Crippen LogP contribution in [0.3, 0.4) is 0 Å². The molecule has 0 radical (unpaired) electrons. The van der Waals surface area contributed by atoms with Crippen LogP contribution in [0, 0.1) is 17.0 Å². The number of anilines is 1. The van der Waals surface area contributed by atoms with Gasteiger partial charge in [-0.25, -0.2) is 0 Å². The van der Waals surface area contributed by atoms with Crippen LogP contribution in [0.5, 0.6) is 0 Å². The molecule has 4 nitrogen and oxygen atoms in total. The Morgan fingerprint density at radius 1 is 1.39 bits per heavy atom. The molecule has 2 aromatic rings. The fourth-order valence-electron chi connectivity index (χ4n) is 1.57. The van der Waals surface area contributed by atoms with Crippen LogP contribution in [-0.4, -0.2) is 4.92 Å². The normalized spacial score (nSPS) is 10.3. The summed E-state index contributed by atoms with van der Waals surface area (Å²) in [5, 5.41) is 14.0. The molecule has 6 heteroatoms. The Kier molecular flexibility index (Phi) is 3.98. The molecule has 0 amide bonds. The molecule has 0 saturated carbocycles. The van der Waals surface area contributed by atoms with Gasteiger partial charge >= 0.3 is 0 Å². The number of rotatable bonds is 4. The zero-order valence-electron chi connectivity index (χ0n) is 9.64. The Morgan fingerprint density at radius 2 is 2.17 bits per heavy atom. The standard InChI is InChI=1S/C12H11BrN2O2S/c1-8-2-4-10(18-8)7-14-11-5-3-9(13)6-12(11)15(16)17/h2-6,14H,7H2,1H3. The van der Waals surface area contributed by atoms with Gasteiger partial charge in [-0.3, -0.25) is 10.1 Å². The molecule has 0 saturated heterocycles. The van der Waals surface area contributed by atoms with Crippen LogP contribution in [0.2, 0.25) is 0 Å². The lowest BCUT2D eigenvalue weighted by Gasteiger charge is -2.06. The third-order valence-electron chi connectivity index (χ3n) is 2.41. The summed E-state index contributed by atoms with van der Waals surface area (Å²) in [6.45, 7) is 2.64. The summed E-state index contributed by atoms with van der Waals surface area (Å²) in [5.41, 5.74) is 0.618. The lowest BCUT2D eigenvalue weighted by atomic mass is 10.2. The molecule has 2 rings (SSSR count). The van der Waals surface area contributed by atoms with Crippen LogP contribution in [0.4, 0.5) is 11.4 Å². The van der Waals surface area contributed by atoms with Crippen molar-refractivity contribution < 1.29 is 4.92 Å². The maximum Gasteiger partial charge on any atom is 0.293 e. The van der Waals surface area contributed by atoms with Crippen molar-refractivity contribution in [3.05, 3.63) is 54.7 Å². The fourth-order valence-corrected chi connectivity index (χ4v) is 2.75. The van der Waals surface area contributed by atoms with Crippen molar-refractivity contribution >= 4 is 38.6 Å². The highest BCUT2D eigenvalue weighted by atomic mass is 79.9. The number of hydrogen-bond acceptors (Lipinski definition) is 4. The third kappa shape index (κ3) is 3.08. The van der Waals surface area contributed by atoms with E-state index in [2.05, 4.69) is 21.2 Å². The van der Waals surface area contributed by atoms with E-state index < -0.39 is 0 Å². The van der Waals surface area contributed by atoms with Crippen molar-refractivity contribution in [2.75, 3.05) is 5.32 Å². The van der Waals surface area contributed by atoms with Crippen LogP contribution in [0.25, 0.3) is 0 Å². The maximum absolute atomic E-state index is 10.9. The van der Waals surface area contributed by atoms with E-state index in [1.165, 1.54) is 10.9 Å².